The number of hydrogen-bond donors (Lipinski definition) is 1. The van der Waals surface area contributed by atoms with Crippen LogP contribution in [0.5, 0.6) is 0 Å². The average Bonchev–Trinajstić information content (AvgIpc) is 3.35. The number of carbonyl (C=O) groups excluding carboxylic acids is 1. The van der Waals surface area contributed by atoms with Gasteiger partial charge in [0.2, 0.25) is 0 Å². The predicted molar refractivity (Wildman–Crippen MR) is 119 cm³/mol. The second kappa shape index (κ2) is 8.81. The number of rotatable bonds is 7. The van der Waals surface area contributed by atoms with Crippen LogP contribution in [0.2, 0.25) is 0 Å². The summed E-state index contributed by atoms with van der Waals surface area (Å²) < 4.78 is 42.9. The lowest BCUT2D eigenvalue weighted by atomic mass is 10.1. The highest BCUT2D eigenvalue weighted by Crippen LogP contribution is 2.43. The Morgan fingerprint density at radius 1 is 1.03 bits per heavy atom. The number of aromatic nitrogens is 4. The van der Waals surface area contributed by atoms with Gasteiger partial charge in [0.1, 0.15) is 0 Å². The summed E-state index contributed by atoms with van der Waals surface area (Å²) in [7, 11) is 0. The first kappa shape index (κ1) is 21.9. The van der Waals surface area contributed by atoms with E-state index >= 15 is 0 Å². The topological polar surface area (TPSA) is 64.7 Å². The lowest BCUT2D eigenvalue weighted by Gasteiger charge is -2.13. The Hall–Kier alpha value is -3.88. The summed E-state index contributed by atoms with van der Waals surface area (Å²) in [6, 6.07) is 14.7. The molecule has 0 aliphatic heterocycles. The van der Waals surface area contributed by atoms with Crippen molar-refractivity contribution >= 4 is 5.91 Å². The van der Waals surface area contributed by atoms with Gasteiger partial charge in [0.15, 0.2) is 0 Å². The van der Waals surface area contributed by atoms with Gasteiger partial charge >= 0.3 is 6.18 Å². The molecule has 0 bridgehead atoms. The van der Waals surface area contributed by atoms with Gasteiger partial charge < -0.3 is 5.32 Å². The summed E-state index contributed by atoms with van der Waals surface area (Å²) in [5.74, 6) is -0.195. The zero-order chi connectivity index (χ0) is 23.7. The van der Waals surface area contributed by atoms with E-state index in [1.807, 2.05) is 41.2 Å². The number of carbonyl (C=O) groups is 1. The van der Waals surface area contributed by atoms with Gasteiger partial charge in [0.25, 0.3) is 5.91 Å². The molecule has 0 unspecified atom stereocenters. The van der Waals surface area contributed by atoms with Crippen LogP contribution in [-0.2, 0) is 19.3 Å². The van der Waals surface area contributed by atoms with Gasteiger partial charge in [-0.2, -0.15) is 23.4 Å². The van der Waals surface area contributed by atoms with Crippen LogP contribution in [0.3, 0.4) is 0 Å². The molecule has 0 radical (unpaired) electrons. The van der Waals surface area contributed by atoms with Gasteiger partial charge in [0, 0.05) is 24.9 Å². The SMILES string of the molecule is O=C(NCc1ccccc1Cn1cccn1)c1cnn(-c2cccc(C(F)(F)F)c2)c1C1CC1. The van der Waals surface area contributed by atoms with E-state index in [0.717, 1.165) is 36.1 Å². The number of benzene rings is 2. The van der Waals surface area contributed by atoms with E-state index in [-0.39, 0.29) is 11.8 Å². The average molecular weight is 465 g/mol. The molecule has 1 N–H and O–H groups in total. The second-order valence-electron chi connectivity index (χ2n) is 8.33. The first-order valence-corrected chi connectivity index (χ1v) is 11.0. The lowest BCUT2D eigenvalue weighted by Crippen LogP contribution is -2.24. The van der Waals surface area contributed by atoms with Gasteiger partial charge in [-0.1, -0.05) is 30.3 Å². The molecule has 174 valence electrons. The molecule has 1 fully saturated rings. The number of nitrogens with one attached hydrogen (secondary N) is 1. The third-order valence-electron chi connectivity index (χ3n) is 5.88. The van der Waals surface area contributed by atoms with Crippen LogP contribution in [0, 0.1) is 0 Å². The molecule has 0 spiro atoms. The number of halogens is 3. The molecule has 5 rings (SSSR count). The Balaban J connectivity index is 1.38. The minimum Gasteiger partial charge on any atom is -0.348 e. The van der Waals surface area contributed by atoms with Crippen molar-refractivity contribution in [3.8, 4) is 5.69 Å². The Kier molecular flexibility index (Phi) is 5.69. The number of nitrogens with zero attached hydrogens (tertiary/aromatic N) is 4. The zero-order valence-corrected chi connectivity index (χ0v) is 18.2. The van der Waals surface area contributed by atoms with Crippen molar-refractivity contribution in [3.63, 3.8) is 0 Å². The molecule has 34 heavy (non-hydrogen) atoms. The first-order valence-electron chi connectivity index (χ1n) is 11.0. The fraction of sp³-hybridized carbons (Fsp3) is 0.240. The maximum atomic E-state index is 13.2. The minimum absolute atomic E-state index is 0.102. The normalized spacial score (nSPS) is 13.7. The van der Waals surface area contributed by atoms with Gasteiger partial charge in [0.05, 0.1) is 35.2 Å². The van der Waals surface area contributed by atoms with Crippen molar-refractivity contribution in [2.75, 3.05) is 0 Å². The molecule has 1 amide bonds. The highest BCUT2D eigenvalue weighted by molar-refractivity contribution is 5.95. The smallest absolute Gasteiger partial charge is 0.348 e. The maximum absolute atomic E-state index is 13.2. The summed E-state index contributed by atoms with van der Waals surface area (Å²) in [5.41, 5.74) is 2.59. The van der Waals surface area contributed by atoms with Crippen molar-refractivity contribution in [3.05, 3.63) is 101 Å². The van der Waals surface area contributed by atoms with Crippen molar-refractivity contribution in [2.24, 2.45) is 0 Å². The molecule has 1 aliphatic carbocycles. The van der Waals surface area contributed by atoms with Crippen LogP contribution >= 0.6 is 0 Å². The summed E-state index contributed by atoms with van der Waals surface area (Å²) in [6.07, 6.45) is 2.33. The van der Waals surface area contributed by atoms with E-state index in [4.69, 9.17) is 0 Å². The summed E-state index contributed by atoms with van der Waals surface area (Å²) in [4.78, 5) is 13.1. The third kappa shape index (κ3) is 4.59. The molecular weight excluding hydrogens is 443 g/mol. The molecule has 4 aromatic rings. The Labute approximate surface area is 194 Å². The monoisotopic (exact) mass is 465 g/mol. The van der Waals surface area contributed by atoms with Gasteiger partial charge in [-0.25, -0.2) is 4.68 Å². The summed E-state index contributed by atoms with van der Waals surface area (Å²) in [5, 5.41) is 11.5. The molecule has 0 saturated heterocycles. The molecule has 2 aromatic carbocycles. The first-order chi connectivity index (χ1) is 16.4. The minimum atomic E-state index is -4.45. The number of alkyl halides is 3. The quantitative estimate of drug-likeness (QED) is 0.420. The van der Waals surface area contributed by atoms with E-state index in [9.17, 15) is 18.0 Å². The van der Waals surface area contributed by atoms with Crippen LogP contribution in [0.25, 0.3) is 5.69 Å². The Morgan fingerprint density at radius 2 is 1.82 bits per heavy atom. The Morgan fingerprint density at radius 3 is 2.53 bits per heavy atom. The van der Waals surface area contributed by atoms with E-state index in [2.05, 4.69) is 15.5 Å². The zero-order valence-electron chi connectivity index (χ0n) is 18.2. The Bertz CT molecular complexity index is 1310. The highest BCUT2D eigenvalue weighted by Gasteiger charge is 2.34. The molecule has 6 nitrogen and oxygen atoms in total. The van der Waals surface area contributed by atoms with Gasteiger partial charge in [-0.05, 0) is 48.2 Å². The fourth-order valence-electron chi connectivity index (χ4n) is 4.03. The summed E-state index contributed by atoms with van der Waals surface area (Å²) >= 11 is 0. The standard InChI is InChI=1S/C25H22F3N5O/c26-25(27,28)20-7-3-8-21(13-20)33-23(17-9-10-17)22(15-31-33)24(34)29-14-18-5-1-2-6-19(18)16-32-12-4-11-30-32/h1-8,11-13,15,17H,9-10,14,16H2,(H,29,34). The van der Waals surface area contributed by atoms with E-state index < -0.39 is 11.7 Å². The van der Waals surface area contributed by atoms with E-state index in [0.29, 0.717) is 30.0 Å². The van der Waals surface area contributed by atoms with E-state index in [1.54, 1.807) is 12.3 Å². The van der Waals surface area contributed by atoms with Crippen LogP contribution in [0.15, 0.2) is 73.2 Å². The third-order valence-corrected chi connectivity index (χ3v) is 5.88. The molecular formula is C25H22F3N5O. The van der Waals surface area contributed by atoms with Crippen LogP contribution in [-0.4, -0.2) is 25.5 Å². The van der Waals surface area contributed by atoms with Crippen LogP contribution in [0.4, 0.5) is 13.2 Å². The van der Waals surface area contributed by atoms with E-state index in [1.165, 1.54) is 16.9 Å². The fourth-order valence-corrected chi connectivity index (χ4v) is 4.03. The lowest BCUT2D eigenvalue weighted by molar-refractivity contribution is -0.137. The van der Waals surface area contributed by atoms with Crippen molar-refractivity contribution in [1.29, 1.82) is 0 Å². The summed E-state index contributed by atoms with van der Waals surface area (Å²) in [6.45, 7) is 0.898. The maximum Gasteiger partial charge on any atom is 0.416 e. The molecule has 9 heteroatoms. The molecule has 2 aromatic heterocycles. The van der Waals surface area contributed by atoms with Gasteiger partial charge in [-0.3, -0.25) is 9.48 Å². The molecule has 1 aliphatic rings. The molecule has 1 saturated carbocycles. The van der Waals surface area contributed by atoms with Gasteiger partial charge in [-0.15, -0.1) is 0 Å². The van der Waals surface area contributed by atoms with Crippen LogP contribution in [0.1, 0.15) is 51.5 Å². The number of amides is 1. The second-order valence-corrected chi connectivity index (χ2v) is 8.33. The van der Waals surface area contributed by atoms with Crippen molar-refractivity contribution in [2.45, 2.75) is 38.0 Å². The predicted octanol–water partition coefficient (Wildman–Crippen LogP) is 4.94. The highest BCUT2D eigenvalue weighted by atomic mass is 19.4. The number of hydrogen-bond acceptors (Lipinski definition) is 3. The molecule has 2 heterocycles. The van der Waals surface area contributed by atoms with Crippen molar-refractivity contribution < 1.29 is 18.0 Å². The van der Waals surface area contributed by atoms with Crippen LogP contribution < -0.4 is 5.32 Å². The largest absolute Gasteiger partial charge is 0.416 e. The van der Waals surface area contributed by atoms with Crippen molar-refractivity contribution in [1.82, 2.24) is 24.9 Å². The molecule has 0 atom stereocenters.